The van der Waals surface area contributed by atoms with Gasteiger partial charge < -0.3 is 107 Å². The third-order valence-electron chi connectivity index (χ3n) is 12.9. The number of carboxylic acid groups (broad SMARTS) is 4. The number of allylic oxidation sites excluding steroid dienone is 8. The van der Waals surface area contributed by atoms with E-state index in [1.54, 1.807) is 52.0 Å². The summed E-state index contributed by atoms with van der Waals surface area (Å²) in [6, 6.07) is 13.7. The van der Waals surface area contributed by atoms with Gasteiger partial charge in [0.1, 0.15) is 51.6 Å². The Kier molecular flexibility index (Phi) is 40.0. The molecule has 36 nitrogen and oxygen atoms in total. The number of aliphatic hydroxyl groups is 8. The van der Waals surface area contributed by atoms with Crippen molar-refractivity contribution < 1.29 is 179 Å². The third kappa shape index (κ3) is 28.6. The van der Waals surface area contributed by atoms with Crippen molar-refractivity contribution in [3.05, 3.63) is 186 Å². The van der Waals surface area contributed by atoms with Crippen LogP contribution in [0.1, 0.15) is 114 Å². The van der Waals surface area contributed by atoms with Crippen LogP contribution in [0.15, 0.2) is 151 Å². The number of aromatic carboxylic acids is 1. The summed E-state index contributed by atoms with van der Waals surface area (Å²) in [5, 5.41) is 189. The molecule has 0 aromatic heterocycles. The summed E-state index contributed by atoms with van der Waals surface area (Å²) >= 11 is 0. The van der Waals surface area contributed by atoms with Gasteiger partial charge in [-0.25, -0.2) is 9.59 Å². The Morgan fingerprint density at radius 2 is 0.579 bits per heavy atom. The van der Waals surface area contributed by atoms with E-state index in [0.717, 1.165) is 64.8 Å². The molecule has 0 saturated heterocycles. The predicted molar refractivity (Wildman–Crippen MR) is 366 cm³/mol. The molecule has 0 spiro atoms. The van der Waals surface area contributed by atoms with E-state index in [9.17, 15) is 98.4 Å². The maximum atomic E-state index is 12.0. The molecule has 4 aromatic carbocycles. The fourth-order valence-electron chi connectivity index (χ4n) is 7.99. The molecule has 4 aliphatic rings. The van der Waals surface area contributed by atoms with E-state index in [0.29, 0.717) is 17.5 Å². The number of carbonyl (C=O) groups is 14. The second-order valence-electron chi connectivity index (χ2n) is 21.3. The number of hydrogen-bond acceptors (Lipinski definition) is 31. The number of Topliss-reactive ketones (excluding diaryl/α,β-unsaturated/α-hetero) is 10. The quantitative estimate of drug-likeness (QED) is 0.0152. The van der Waals surface area contributed by atoms with E-state index in [1.807, 2.05) is 13.8 Å². The zero-order chi connectivity index (χ0) is 84.6. The first-order valence-electron chi connectivity index (χ1n) is 29.8. The Labute approximate surface area is 605 Å². The number of aryl methyl sites for hydroxylation is 4. The topological polar surface area (TPSA) is 684 Å². The molecule has 0 aliphatic heterocycles. The van der Waals surface area contributed by atoms with Crippen LogP contribution >= 0.6 is 0 Å². The number of carboxylic acids is 4. The van der Waals surface area contributed by atoms with Gasteiger partial charge in [0.2, 0.25) is 52.0 Å². The third-order valence-corrected chi connectivity index (χ3v) is 12.9. The second-order valence-corrected chi connectivity index (χ2v) is 21.3. The van der Waals surface area contributed by atoms with Gasteiger partial charge in [-0.05, 0) is 120 Å². The fourth-order valence-corrected chi connectivity index (χ4v) is 7.99. The van der Waals surface area contributed by atoms with Crippen molar-refractivity contribution in [2.24, 2.45) is 0 Å². The average Bonchev–Trinajstić information content (AvgIpc) is 0.757. The molecule has 4 aromatic rings. The Hall–Kier alpha value is -14.3. The maximum absolute atomic E-state index is 12.0. The molecule has 0 heterocycles. The second kappa shape index (κ2) is 44.2. The van der Waals surface area contributed by atoms with Gasteiger partial charge in [-0.1, -0.05) is 20.8 Å². The number of phenols is 9. The Bertz CT molecular complexity index is 4020. The van der Waals surface area contributed by atoms with Gasteiger partial charge in [-0.3, -0.25) is 57.5 Å². The zero-order valence-corrected chi connectivity index (χ0v) is 58.9. The number of carbonyl (C=O) groups excluding carboxylic acids is 10. The minimum absolute atomic E-state index is 0.0483. The standard InChI is InChI=1S/2C14H10O8.C8H8O4.C7H10O4.C7H8O3.2C7H8O2.2C2H4O2.C2H6.CO/c2*1-3-7(15)11(19)5(12(20)8(3)16)6-13(21)9(17)4(2)10(18)14(6)22;1-4-2-5(9)3-6(10)7(4)8(11)12;1-2-3-5(8)4-6(9)7(10)11;1-4-2-5(8)3-6(9)7(4)10;2*1-5-2-6(8)4-7(9)3-5;2*1-2(3)4;2*1-2/h2*15,17,20,22H,1-2H3;2-3,9-10H,1H3,(H,11,12);2-4H2,1H3,(H,10,11);2-3,8-10H,1H3;2*2-4,8-9H,1H3;2*1H3,(H,3,4);1-2H3;. The SMILES string of the molecule is CC.CC(=O)O.CC(=O)O.CC1=C(O)C(=O)C(C2=C(O)C(=O)C(C)=C(O)C2=O)=C(O)C1=O.CC1=C(O)C(=O)C(C2=C(O)C(=O)C(C)=C(O)C2=O)=C(O)C1=O.CCCC(=O)CC(=O)C(=O)O.Cc1cc(O)cc(O)c1.Cc1cc(O)cc(O)c1.Cc1cc(O)cc(O)c1C(=O)O.Cc1cc(O)cc(O)c1O.[C-]#[O+]. The summed E-state index contributed by atoms with van der Waals surface area (Å²) in [4.78, 5) is 154. The van der Waals surface area contributed by atoms with Crippen LogP contribution in [0.2, 0.25) is 0 Å². The molecule has 0 unspecified atom stereocenters. The van der Waals surface area contributed by atoms with Crippen LogP contribution in [-0.4, -0.2) is 189 Å². The van der Waals surface area contributed by atoms with Crippen molar-refractivity contribution in [1.82, 2.24) is 0 Å². The van der Waals surface area contributed by atoms with Crippen molar-refractivity contribution in [3.63, 3.8) is 0 Å². The van der Waals surface area contributed by atoms with Crippen LogP contribution in [0.4, 0.5) is 0 Å². The number of phenolic OH excluding ortho intramolecular Hbond substituents is 8. The molecule has 0 amide bonds. The molecule has 576 valence electrons. The van der Waals surface area contributed by atoms with Crippen LogP contribution < -0.4 is 0 Å². The Balaban J connectivity index is -0.00000118. The number of aliphatic carboxylic acids is 3. The van der Waals surface area contributed by atoms with Gasteiger partial charge in [-0.15, -0.1) is 0 Å². The summed E-state index contributed by atoms with van der Waals surface area (Å²) in [7, 11) is 0. The van der Waals surface area contributed by atoms with Crippen molar-refractivity contribution in [2.45, 2.75) is 109 Å². The number of rotatable bonds is 8. The van der Waals surface area contributed by atoms with Gasteiger partial charge in [0, 0.05) is 66.8 Å². The average molecular weight is 1510 g/mol. The van der Waals surface area contributed by atoms with E-state index in [2.05, 4.69) is 6.65 Å². The predicted octanol–water partition coefficient (Wildman–Crippen LogP) is 7.75. The van der Waals surface area contributed by atoms with Crippen LogP contribution in [-0.2, 0) is 67.0 Å². The molecule has 36 heteroatoms. The summed E-state index contributed by atoms with van der Waals surface area (Å²) in [5.41, 5.74) is -3.57. The number of aromatic hydroxyl groups is 9. The minimum atomic E-state index is -1.53. The van der Waals surface area contributed by atoms with E-state index in [-0.39, 0.29) is 63.8 Å². The van der Waals surface area contributed by atoms with Crippen LogP contribution in [0.5, 0.6) is 51.7 Å². The molecule has 4 aliphatic carbocycles. The first-order valence-corrected chi connectivity index (χ1v) is 29.8. The molecular weight excluding hydrogens is 1430 g/mol. The number of ketones is 10. The van der Waals surface area contributed by atoms with E-state index < -0.39 is 179 Å². The molecule has 0 atom stereocenters. The Morgan fingerprint density at radius 3 is 0.785 bits per heavy atom. The summed E-state index contributed by atoms with van der Waals surface area (Å²) in [6.07, 6.45) is 0.452. The fraction of sp³-hybridized carbons (Fsp3) is 0.225. The number of hydrogen-bond donors (Lipinski definition) is 21. The van der Waals surface area contributed by atoms with Gasteiger partial charge in [-0.2, -0.15) is 0 Å². The number of aliphatic hydroxyl groups excluding tert-OH is 8. The van der Waals surface area contributed by atoms with E-state index in [4.69, 9.17) is 80.6 Å². The molecule has 107 heavy (non-hydrogen) atoms. The monoisotopic (exact) mass is 1500 g/mol. The first kappa shape index (κ1) is 96.9. The molecule has 0 bridgehead atoms. The van der Waals surface area contributed by atoms with Crippen LogP contribution in [0.25, 0.3) is 0 Å². The Morgan fingerprint density at radius 1 is 0.346 bits per heavy atom. The van der Waals surface area contributed by atoms with E-state index >= 15 is 0 Å². The van der Waals surface area contributed by atoms with Crippen molar-refractivity contribution in [1.29, 1.82) is 0 Å². The van der Waals surface area contributed by atoms with Gasteiger partial charge in [0.05, 0.1) is 28.7 Å². The molecular formula is C71H76O36. The van der Waals surface area contributed by atoms with Crippen molar-refractivity contribution >= 4 is 81.7 Å². The van der Waals surface area contributed by atoms with Gasteiger partial charge >= 0.3 is 23.2 Å². The molecule has 0 radical (unpaired) electrons. The van der Waals surface area contributed by atoms with Crippen LogP contribution in [0.3, 0.4) is 0 Å². The summed E-state index contributed by atoms with van der Waals surface area (Å²) in [6.45, 7) is 23.5. The molecule has 0 saturated carbocycles. The van der Waals surface area contributed by atoms with Crippen LogP contribution in [0, 0.1) is 34.3 Å². The molecule has 8 rings (SSSR count). The van der Waals surface area contributed by atoms with Gasteiger partial charge in [0.15, 0.2) is 57.6 Å². The summed E-state index contributed by atoms with van der Waals surface area (Å²) in [5.74, 6) is -25.1. The number of benzene rings is 4. The normalized spacial score (nSPS) is 13.6. The first-order chi connectivity index (χ1) is 49.2. The summed E-state index contributed by atoms with van der Waals surface area (Å²) < 4.78 is 7.50. The van der Waals surface area contributed by atoms with E-state index in [1.165, 1.54) is 31.2 Å². The molecule has 21 N–H and O–H groups in total. The molecule has 0 fully saturated rings. The van der Waals surface area contributed by atoms with Gasteiger partial charge in [0.25, 0.3) is 11.9 Å². The van der Waals surface area contributed by atoms with Crippen molar-refractivity contribution in [2.75, 3.05) is 0 Å². The van der Waals surface area contributed by atoms with Crippen molar-refractivity contribution in [3.8, 4) is 51.7 Å². The zero-order valence-electron chi connectivity index (χ0n) is 58.9.